The van der Waals surface area contributed by atoms with Crippen molar-refractivity contribution in [3.8, 4) is 0 Å². The third kappa shape index (κ3) is 2.21. The first-order valence-electron chi connectivity index (χ1n) is 3.47. The molecule has 0 atom stereocenters. The minimum atomic E-state index is -2.71. The zero-order valence-electron chi connectivity index (χ0n) is 6.72. The first-order valence-corrected chi connectivity index (χ1v) is 3.84. The van der Waals surface area contributed by atoms with Crippen molar-refractivity contribution in [2.75, 3.05) is 0 Å². The van der Waals surface area contributed by atoms with Gasteiger partial charge in [-0.05, 0) is 24.6 Å². The highest BCUT2D eigenvalue weighted by molar-refractivity contribution is 6.67. The fraction of sp³-hybridized carbons (Fsp3) is 0.250. The Balaban J connectivity index is 3.26. The first kappa shape index (κ1) is 10.1. The van der Waals surface area contributed by atoms with Crippen LogP contribution in [0.2, 0.25) is 0 Å². The van der Waals surface area contributed by atoms with Gasteiger partial charge in [-0.2, -0.15) is 0 Å². The number of aromatic nitrogens is 1. The third-order valence-electron chi connectivity index (χ3n) is 1.52. The molecule has 0 aromatic carbocycles. The van der Waals surface area contributed by atoms with Crippen LogP contribution in [0.25, 0.3) is 0 Å². The van der Waals surface area contributed by atoms with Gasteiger partial charge in [0.2, 0.25) is 0 Å². The SMILES string of the molecule is Cc1cc(C(F)F)c(C(=O)Cl)cn1. The van der Waals surface area contributed by atoms with E-state index in [-0.39, 0.29) is 11.1 Å². The van der Waals surface area contributed by atoms with Crippen LogP contribution in [0, 0.1) is 6.92 Å². The molecule has 1 heterocycles. The Morgan fingerprint density at radius 1 is 1.62 bits per heavy atom. The van der Waals surface area contributed by atoms with Crippen LogP contribution in [-0.2, 0) is 0 Å². The summed E-state index contributed by atoms with van der Waals surface area (Å²) in [4.78, 5) is 14.4. The van der Waals surface area contributed by atoms with Crippen molar-refractivity contribution in [2.45, 2.75) is 13.3 Å². The maximum Gasteiger partial charge on any atom is 0.264 e. The van der Waals surface area contributed by atoms with Crippen molar-refractivity contribution < 1.29 is 13.6 Å². The molecule has 0 fully saturated rings. The third-order valence-corrected chi connectivity index (χ3v) is 1.72. The standard InChI is InChI=1S/C8H6ClF2NO/c1-4-2-5(8(10)11)6(3-12-4)7(9)13/h2-3,8H,1H3. The number of alkyl halides is 2. The van der Waals surface area contributed by atoms with Crippen LogP contribution in [0.1, 0.15) is 28.0 Å². The lowest BCUT2D eigenvalue weighted by Gasteiger charge is -2.04. The molecule has 0 amide bonds. The van der Waals surface area contributed by atoms with E-state index in [9.17, 15) is 13.6 Å². The molecule has 0 aliphatic heterocycles. The molecule has 2 nitrogen and oxygen atoms in total. The van der Waals surface area contributed by atoms with E-state index in [2.05, 4.69) is 4.98 Å². The molecule has 0 saturated carbocycles. The van der Waals surface area contributed by atoms with E-state index in [1.165, 1.54) is 0 Å². The van der Waals surface area contributed by atoms with Gasteiger partial charge in [-0.25, -0.2) is 8.78 Å². The Kier molecular flexibility index (Phi) is 2.93. The summed E-state index contributed by atoms with van der Waals surface area (Å²) in [6.07, 6.45) is -1.65. The summed E-state index contributed by atoms with van der Waals surface area (Å²) in [6.45, 7) is 1.56. The molecule has 1 aromatic rings. The molecule has 70 valence electrons. The number of carbonyl (C=O) groups is 1. The Morgan fingerprint density at radius 2 is 2.23 bits per heavy atom. The van der Waals surface area contributed by atoms with E-state index in [1.54, 1.807) is 6.92 Å². The molecule has 1 aromatic heterocycles. The molecular formula is C8H6ClF2NO. The van der Waals surface area contributed by atoms with E-state index >= 15 is 0 Å². The van der Waals surface area contributed by atoms with Gasteiger partial charge < -0.3 is 0 Å². The van der Waals surface area contributed by atoms with Gasteiger partial charge >= 0.3 is 0 Å². The number of carbonyl (C=O) groups excluding carboxylic acids is 1. The Labute approximate surface area is 78.5 Å². The lowest BCUT2D eigenvalue weighted by molar-refractivity contribution is 0.106. The van der Waals surface area contributed by atoms with Crippen molar-refractivity contribution in [3.05, 3.63) is 29.1 Å². The average molecular weight is 206 g/mol. The van der Waals surface area contributed by atoms with E-state index in [0.29, 0.717) is 5.69 Å². The molecular weight excluding hydrogens is 200 g/mol. The molecule has 0 spiro atoms. The Bertz CT molecular complexity index is 341. The van der Waals surface area contributed by atoms with Crippen molar-refractivity contribution in [3.63, 3.8) is 0 Å². The van der Waals surface area contributed by atoms with Gasteiger partial charge in [0.25, 0.3) is 11.7 Å². The lowest BCUT2D eigenvalue weighted by atomic mass is 10.1. The molecule has 1 rings (SSSR count). The second-order valence-electron chi connectivity index (χ2n) is 2.49. The lowest BCUT2D eigenvalue weighted by Crippen LogP contribution is -2.00. The Morgan fingerprint density at radius 3 is 2.69 bits per heavy atom. The second-order valence-corrected chi connectivity index (χ2v) is 2.83. The van der Waals surface area contributed by atoms with Crippen LogP contribution in [0.5, 0.6) is 0 Å². The van der Waals surface area contributed by atoms with Gasteiger partial charge in [0, 0.05) is 17.5 Å². The largest absolute Gasteiger partial charge is 0.276 e. The van der Waals surface area contributed by atoms with E-state index in [1.807, 2.05) is 0 Å². The summed E-state index contributed by atoms with van der Waals surface area (Å²) in [7, 11) is 0. The molecule has 0 aliphatic rings. The number of aryl methyl sites for hydroxylation is 1. The normalized spacial score (nSPS) is 10.5. The zero-order valence-corrected chi connectivity index (χ0v) is 7.48. The fourth-order valence-corrected chi connectivity index (χ4v) is 1.08. The monoisotopic (exact) mass is 205 g/mol. The molecule has 5 heteroatoms. The number of halogens is 3. The quantitative estimate of drug-likeness (QED) is 0.695. The number of hydrogen-bond donors (Lipinski definition) is 0. The maximum absolute atomic E-state index is 12.3. The first-order chi connectivity index (χ1) is 6.02. The van der Waals surface area contributed by atoms with Crippen molar-refractivity contribution in [1.29, 1.82) is 0 Å². The molecule has 0 radical (unpaired) electrons. The fourth-order valence-electron chi connectivity index (χ4n) is 0.926. The molecule has 0 unspecified atom stereocenters. The van der Waals surface area contributed by atoms with Crippen molar-refractivity contribution in [2.24, 2.45) is 0 Å². The predicted octanol–water partition coefficient (Wildman–Crippen LogP) is 2.71. The highest BCUT2D eigenvalue weighted by Gasteiger charge is 2.17. The van der Waals surface area contributed by atoms with Gasteiger partial charge in [0.15, 0.2) is 0 Å². The Hall–Kier alpha value is -1.03. The highest BCUT2D eigenvalue weighted by atomic mass is 35.5. The highest BCUT2D eigenvalue weighted by Crippen LogP contribution is 2.23. The molecule has 0 N–H and O–H groups in total. The van der Waals surface area contributed by atoms with Crippen LogP contribution in [-0.4, -0.2) is 10.2 Å². The zero-order chi connectivity index (χ0) is 10.0. The average Bonchev–Trinajstić information content (AvgIpc) is 2.03. The molecule has 13 heavy (non-hydrogen) atoms. The van der Waals surface area contributed by atoms with Gasteiger partial charge in [-0.1, -0.05) is 0 Å². The number of rotatable bonds is 2. The van der Waals surface area contributed by atoms with Crippen LogP contribution < -0.4 is 0 Å². The smallest absolute Gasteiger partial charge is 0.264 e. The van der Waals surface area contributed by atoms with E-state index in [4.69, 9.17) is 11.6 Å². The summed E-state index contributed by atoms with van der Waals surface area (Å²) < 4.78 is 24.7. The van der Waals surface area contributed by atoms with Gasteiger partial charge in [0.1, 0.15) is 0 Å². The van der Waals surface area contributed by atoms with E-state index in [0.717, 1.165) is 12.3 Å². The van der Waals surface area contributed by atoms with Crippen LogP contribution in [0.4, 0.5) is 8.78 Å². The summed E-state index contributed by atoms with van der Waals surface area (Å²) >= 11 is 5.09. The summed E-state index contributed by atoms with van der Waals surface area (Å²) in [6, 6.07) is 1.15. The molecule has 0 saturated heterocycles. The topological polar surface area (TPSA) is 30.0 Å². The summed E-state index contributed by atoms with van der Waals surface area (Å²) in [5.74, 6) is 0. The minimum absolute atomic E-state index is 0.234. The maximum atomic E-state index is 12.3. The number of nitrogens with zero attached hydrogens (tertiary/aromatic N) is 1. The van der Waals surface area contributed by atoms with Gasteiger partial charge in [-0.3, -0.25) is 9.78 Å². The molecule has 0 bridgehead atoms. The molecule has 0 aliphatic carbocycles. The van der Waals surface area contributed by atoms with Gasteiger partial charge in [-0.15, -0.1) is 0 Å². The van der Waals surface area contributed by atoms with Crippen LogP contribution in [0.3, 0.4) is 0 Å². The van der Waals surface area contributed by atoms with Crippen LogP contribution in [0.15, 0.2) is 12.3 Å². The van der Waals surface area contributed by atoms with Crippen LogP contribution >= 0.6 is 11.6 Å². The summed E-state index contributed by atoms with van der Waals surface area (Å²) in [5.41, 5.74) is -0.174. The van der Waals surface area contributed by atoms with E-state index < -0.39 is 11.7 Å². The number of hydrogen-bond acceptors (Lipinski definition) is 2. The number of pyridine rings is 1. The second kappa shape index (κ2) is 3.79. The van der Waals surface area contributed by atoms with Gasteiger partial charge in [0.05, 0.1) is 5.56 Å². The van der Waals surface area contributed by atoms with Crippen molar-refractivity contribution in [1.82, 2.24) is 4.98 Å². The predicted molar refractivity (Wildman–Crippen MR) is 44.1 cm³/mol. The minimum Gasteiger partial charge on any atom is -0.276 e. The summed E-state index contributed by atoms with van der Waals surface area (Å²) in [5, 5.41) is -0.914. The van der Waals surface area contributed by atoms with Crippen molar-refractivity contribution >= 4 is 16.8 Å².